The largest absolute Gasteiger partial charge is 0.0654 e. The highest BCUT2D eigenvalue weighted by atomic mass is 14.2. The van der Waals surface area contributed by atoms with E-state index < -0.39 is 0 Å². The molecule has 0 fully saturated rings. The van der Waals surface area contributed by atoms with Gasteiger partial charge in [-0.1, -0.05) is 95.8 Å². The van der Waals surface area contributed by atoms with Crippen molar-refractivity contribution < 1.29 is 0 Å². The minimum atomic E-state index is 1.09. The van der Waals surface area contributed by atoms with Crippen molar-refractivity contribution in [3.8, 4) is 22.3 Å². The monoisotopic (exact) mass is 380 g/mol. The zero-order chi connectivity index (χ0) is 20.5. The van der Waals surface area contributed by atoms with Crippen LogP contribution in [-0.2, 0) is 6.42 Å². The lowest BCUT2D eigenvalue weighted by Crippen LogP contribution is -1.95. The van der Waals surface area contributed by atoms with Crippen LogP contribution in [0.4, 0.5) is 0 Å². The molecule has 4 rings (SSSR count). The molecule has 0 nitrogen and oxygen atoms in total. The molecule has 0 N–H and O–H groups in total. The molecule has 0 saturated carbocycles. The van der Waals surface area contributed by atoms with Gasteiger partial charge in [0.15, 0.2) is 0 Å². The molecule has 0 radical (unpaired) electrons. The van der Waals surface area contributed by atoms with Crippen molar-refractivity contribution in [2.45, 2.75) is 60.3 Å². The molecule has 0 spiro atoms. The average molecular weight is 381 g/mol. The molecule has 1 aliphatic rings. The summed E-state index contributed by atoms with van der Waals surface area (Å²) in [4.78, 5) is 0. The van der Waals surface area contributed by atoms with Gasteiger partial charge >= 0.3 is 0 Å². The Hall–Kier alpha value is -2.60. The van der Waals surface area contributed by atoms with Gasteiger partial charge in [0.05, 0.1) is 0 Å². The van der Waals surface area contributed by atoms with E-state index in [1.165, 1.54) is 74.9 Å². The van der Waals surface area contributed by atoms with Crippen molar-refractivity contribution in [1.29, 1.82) is 0 Å². The van der Waals surface area contributed by atoms with Gasteiger partial charge in [0.2, 0.25) is 0 Å². The smallest absolute Gasteiger partial charge is 0.00514 e. The summed E-state index contributed by atoms with van der Waals surface area (Å²) in [5.74, 6) is 0. The molecule has 3 aromatic rings. The summed E-state index contributed by atoms with van der Waals surface area (Å²) in [6.07, 6.45) is 7.32. The van der Waals surface area contributed by atoms with Crippen molar-refractivity contribution in [3.63, 3.8) is 0 Å². The molecule has 0 aromatic heterocycles. The predicted molar refractivity (Wildman–Crippen MR) is 127 cm³/mol. The van der Waals surface area contributed by atoms with Crippen LogP contribution < -0.4 is 0 Å². The Kier molecular flexibility index (Phi) is 5.46. The summed E-state index contributed by atoms with van der Waals surface area (Å²) >= 11 is 0. The fraction of sp³-hybridized carbons (Fsp3) is 0.310. The highest BCUT2D eigenvalue weighted by Gasteiger charge is 2.21. The zero-order valence-electron chi connectivity index (χ0n) is 18.5. The molecule has 0 amide bonds. The van der Waals surface area contributed by atoms with Crippen LogP contribution in [0.1, 0.15) is 59.6 Å². The maximum absolute atomic E-state index is 2.49. The highest BCUT2D eigenvalue weighted by Crippen LogP contribution is 2.41. The molecule has 1 aliphatic carbocycles. The Labute approximate surface area is 176 Å². The van der Waals surface area contributed by atoms with Crippen LogP contribution in [-0.4, -0.2) is 0 Å². The third-order valence-corrected chi connectivity index (χ3v) is 6.03. The lowest BCUT2D eigenvalue weighted by molar-refractivity contribution is 0.779. The number of unbranched alkanes of at least 4 members (excludes halogenated alkanes) is 1. The molecule has 0 unspecified atom stereocenters. The third-order valence-electron chi connectivity index (χ3n) is 6.03. The Balaban J connectivity index is 1.88. The molecule has 0 atom stereocenters. The van der Waals surface area contributed by atoms with E-state index in [-0.39, 0.29) is 0 Å². The number of rotatable bonds is 5. The number of aryl methyl sites for hydroxylation is 4. The lowest BCUT2D eigenvalue weighted by Gasteiger charge is -2.16. The van der Waals surface area contributed by atoms with E-state index in [1.807, 2.05) is 0 Å². The first-order valence-corrected chi connectivity index (χ1v) is 11.0. The van der Waals surface area contributed by atoms with Gasteiger partial charge in [-0.3, -0.25) is 0 Å². The van der Waals surface area contributed by atoms with Crippen molar-refractivity contribution in [3.05, 3.63) is 87.5 Å². The molecule has 3 aromatic carbocycles. The quantitative estimate of drug-likeness (QED) is 0.417. The molecule has 148 valence electrons. The first-order valence-electron chi connectivity index (χ1n) is 11.0. The number of hydrogen-bond donors (Lipinski definition) is 0. The molecule has 0 saturated heterocycles. The lowest BCUT2D eigenvalue weighted by atomic mass is 9.88. The van der Waals surface area contributed by atoms with E-state index in [0.29, 0.717) is 0 Å². The normalized spacial score (nSPS) is 12.8. The fourth-order valence-corrected chi connectivity index (χ4v) is 4.85. The molecule has 0 bridgehead atoms. The van der Waals surface area contributed by atoms with Crippen LogP contribution in [0.25, 0.3) is 28.3 Å². The van der Waals surface area contributed by atoms with E-state index in [0.717, 1.165) is 6.42 Å². The van der Waals surface area contributed by atoms with Crippen molar-refractivity contribution in [2.75, 3.05) is 0 Å². The number of fused-ring (bicyclic) bond motifs is 1. The minimum Gasteiger partial charge on any atom is -0.0654 e. The summed E-state index contributed by atoms with van der Waals surface area (Å²) in [5.41, 5.74) is 15.4. The molecule has 0 heterocycles. The Morgan fingerprint density at radius 1 is 0.690 bits per heavy atom. The first-order chi connectivity index (χ1) is 13.9. The van der Waals surface area contributed by atoms with Gasteiger partial charge in [-0.15, -0.1) is 0 Å². The minimum absolute atomic E-state index is 1.09. The zero-order valence-corrected chi connectivity index (χ0v) is 18.5. The highest BCUT2D eigenvalue weighted by molar-refractivity contribution is 5.87. The summed E-state index contributed by atoms with van der Waals surface area (Å²) in [7, 11) is 0. The number of benzene rings is 3. The van der Waals surface area contributed by atoms with E-state index in [4.69, 9.17) is 0 Å². The van der Waals surface area contributed by atoms with Gasteiger partial charge in [-0.2, -0.15) is 0 Å². The van der Waals surface area contributed by atoms with Gasteiger partial charge in [0.25, 0.3) is 0 Å². The van der Waals surface area contributed by atoms with Crippen LogP contribution in [0.5, 0.6) is 0 Å². The van der Waals surface area contributed by atoms with Crippen LogP contribution >= 0.6 is 0 Å². The second kappa shape index (κ2) is 8.03. The van der Waals surface area contributed by atoms with E-state index in [9.17, 15) is 0 Å². The molecular formula is C29H32. The van der Waals surface area contributed by atoms with Crippen LogP contribution in [0.2, 0.25) is 0 Å². The Morgan fingerprint density at radius 3 is 1.76 bits per heavy atom. The van der Waals surface area contributed by atoms with Crippen molar-refractivity contribution in [2.24, 2.45) is 0 Å². The Bertz CT molecular complexity index is 1050. The van der Waals surface area contributed by atoms with Crippen LogP contribution in [0.3, 0.4) is 0 Å². The fourth-order valence-electron chi connectivity index (χ4n) is 4.85. The predicted octanol–water partition coefficient (Wildman–Crippen LogP) is 8.38. The number of hydrogen-bond acceptors (Lipinski definition) is 0. The standard InChI is InChI=1S/C29H32/c1-6-7-8-23-17-28-26(24-13-19(2)11-20(3)14-24)9-10-27(29(28)18-23)25-15-21(4)12-22(5)16-25/h9-17H,6-8,18H2,1-5H3. The van der Waals surface area contributed by atoms with Gasteiger partial charge in [-0.05, 0) is 80.3 Å². The molecule has 29 heavy (non-hydrogen) atoms. The average Bonchev–Trinajstić information content (AvgIpc) is 3.08. The molecular weight excluding hydrogens is 348 g/mol. The van der Waals surface area contributed by atoms with Crippen LogP contribution in [0, 0.1) is 27.7 Å². The summed E-state index contributed by atoms with van der Waals surface area (Å²) in [5, 5.41) is 0. The maximum atomic E-state index is 2.49. The second-order valence-electron chi connectivity index (χ2n) is 8.89. The van der Waals surface area contributed by atoms with Gasteiger partial charge in [0.1, 0.15) is 0 Å². The van der Waals surface area contributed by atoms with Crippen molar-refractivity contribution in [1.82, 2.24) is 0 Å². The van der Waals surface area contributed by atoms with E-state index in [1.54, 1.807) is 5.57 Å². The topological polar surface area (TPSA) is 0 Å². The second-order valence-corrected chi connectivity index (χ2v) is 8.89. The summed E-state index contributed by atoms with van der Waals surface area (Å²) < 4.78 is 0. The maximum Gasteiger partial charge on any atom is -0.00514 e. The molecule has 0 heteroatoms. The first kappa shape index (κ1) is 19.7. The van der Waals surface area contributed by atoms with E-state index in [2.05, 4.69) is 89.2 Å². The Morgan fingerprint density at radius 2 is 1.21 bits per heavy atom. The summed E-state index contributed by atoms with van der Waals surface area (Å²) in [6.45, 7) is 11.1. The van der Waals surface area contributed by atoms with E-state index >= 15 is 0 Å². The SMILES string of the molecule is CCCCC1=Cc2c(-c3cc(C)cc(C)c3)ccc(-c3cc(C)cc(C)c3)c2C1. The van der Waals surface area contributed by atoms with Gasteiger partial charge < -0.3 is 0 Å². The summed E-state index contributed by atoms with van der Waals surface area (Å²) in [6, 6.07) is 18.6. The van der Waals surface area contributed by atoms with Gasteiger partial charge in [0, 0.05) is 0 Å². The van der Waals surface area contributed by atoms with Crippen molar-refractivity contribution >= 4 is 6.08 Å². The third kappa shape index (κ3) is 4.08. The molecule has 0 aliphatic heterocycles. The van der Waals surface area contributed by atoms with Crippen LogP contribution in [0.15, 0.2) is 54.1 Å². The van der Waals surface area contributed by atoms with Gasteiger partial charge in [-0.25, -0.2) is 0 Å². The number of allylic oxidation sites excluding steroid dienone is 1.